The van der Waals surface area contributed by atoms with Gasteiger partial charge in [-0.15, -0.1) is 0 Å². The topological polar surface area (TPSA) is 18.5 Å². The predicted octanol–water partition coefficient (Wildman–Crippen LogP) is 9.03. The molecule has 36 heavy (non-hydrogen) atoms. The SMILES string of the molecule is Cc1cc(S(C)(c2ccccc2)c2ccccc2)cc(C)c1OCOC1C(C)CC2CC(C)CC1C2. The van der Waals surface area contributed by atoms with E-state index in [0.717, 1.165) is 17.6 Å². The van der Waals surface area contributed by atoms with Gasteiger partial charge in [0.1, 0.15) is 5.75 Å². The smallest absolute Gasteiger partial charge is 0.189 e. The second kappa shape index (κ2) is 10.6. The highest BCUT2D eigenvalue weighted by Crippen LogP contribution is 2.66. The third-order valence-electron chi connectivity index (χ3n) is 8.61. The Morgan fingerprint density at radius 1 is 0.750 bits per heavy atom. The molecule has 0 aliphatic heterocycles. The standard InChI is InChI=1S/C33H42O2S/c1-23-16-27-18-24(2)33(28(17-23)21-27)35-22-34-32-25(3)19-31(20-26(32)4)36(5,29-12-8-6-9-13-29)30-14-10-7-11-15-30/h6-15,19-20,23-24,27-28,33H,16-18,21-22H2,1-5H3. The Morgan fingerprint density at radius 2 is 1.33 bits per heavy atom. The van der Waals surface area contributed by atoms with E-state index in [1.54, 1.807) is 0 Å². The summed E-state index contributed by atoms with van der Waals surface area (Å²) in [5, 5.41) is 0. The first-order valence-corrected chi connectivity index (χ1v) is 15.6. The number of benzene rings is 3. The van der Waals surface area contributed by atoms with Gasteiger partial charge in [0.05, 0.1) is 6.10 Å². The van der Waals surface area contributed by atoms with E-state index in [9.17, 15) is 0 Å². The van der Waals surface area contributed by atoms with Crippen LogP contribution in [0.1, 0.15) is 50.7 Å². The first-order chi connectivity index (χ1) is 17.4. The lowest BCUT2D eigenvalue weighted by atomic mass is 9.64. The zero-order valence-electron chi connectivity index (χ0n) is 22.6. The maximum Gasteiger partial charge on any atom is 0.189 e. The van der Waals surface area contributed by atoms with Crippen LogP contribution < -0.4 is 4.74 Å². The summed E-state index contributed by atoms with van der Waals surface area (Å²) < 4.78 is 12.8. The van der Waals surface area contributed by atoms with E-state index in [1.807, 2.05) is 0 Å². The van der Waals surface area contributed by atoms with Crippen LogP contribution in [0.5, 0.6) is 5.75 Å². The van der Waals surface area contributed by atoms with E-state index in [4.69, 9.17) is 9.47 Å². The highest BCUT2D eigenvalue weighted by atomic mass is 32.3. The summed E-state index contributed by atoms with van der Waals surface area (Å²) in [5.74, 6) is 4.01. The summed E-state index contributed by atoms with van der Waals surface area (Å²) in [4.78, 5) is 4.11. The van der Waals surface area contributed by atoms with Crippen molar-refractivity contribution >= 4 is 10.0 Å². The lowest BCUT2D eigenvalue weighted by Gasteiger charge is -2.45. The Hall–Kier alpha value is -2.23. The van der Waals surface area contributed by atoms with Gasteiger partial charge in [0, 0.05) is 0 Å². The fourth-order valence-corrected chi connectivity index (χ4v) is 10.1. The minimum atomic E-state index is -1.38. The summed E-state index contributed by atoms with van der Waals surface area (Å²) >= 11 is 0. The van der Waals surface area contributed by atoms with E-state index < -0.39 is 10.0 Å². The molecule has 0 spiro atoms. The molecule has 5 atom stereocenters. The van der Waals surface area contributed by atoms with E-state index in [1.165, 1.54) is 51.5 Å². The quantitative estimate of drug-likeness (QED) is 0.300. The molecule has 192 valence electrons. The van der Waals surface area contributed by atoms with Crippen LogP contribution in [0.15, 0.2) is 87.5 Å². The Morgan fingerprint density at radius 3 is 1.92 bits per heavy atom. The van der Waals surface area contributed by atoms with Gasteiger partial charge < -0.3 is 9.47 Å². The number of hydrogen-bond acceptors (Lipinski definition) is 2. The van der Waals surface area contributed by atoms with Crippen LogP contribution in [0.2, 0.25) is 0 Å². The van der Waals surface area contributed by atoms with Crippen LogP contribution in [-0.4, -0.2) is 19.2 Å². The van der Waals surface area contributed by atoms with Gasteiger partial charge in [-0.25, -0.2) is 0 Å². The monoisotopic (exact) mass is 502 g/mol. The molecule has 0 amide bonds. The zero-order chi connectivity index (χ0) is 25.3. The van der Waals surface area contributed by atoms with Crippen molar-refractivity contribution in [1.29, 1.82) is 0 Å². The van der Waals surface area contributed by atoms with Gasteiger partial charge >= 0.3 is 0 Å². The lowest BCUT2D eigenvalue weighted by Crippen LogP contribution is -2.42. The third-order valence-corrected chi connectivity index (χ3v) is 12.2. The van der Waals surface area contributed by atoms with Crippen LogP contribution in [0.4, 0.5) is 0 Å². The van der Waals surface area contributed by atoms with Crippen LogP contribution in [0, 0.1) is 37.5 Å². The minimum absolute atomic E-state index is 0.327. The van der Waals surface area contributed by atoms with Crippen molar-refractivity contribution in [2.75, 3.05) is 13.0 Å². The molecule has 2 aliphatic carbocycles. The molecule has 2 bridgehead atoms. The van der Waals surface area contributed by atoms with E-state index in [2.05, 4.69) is 107 Å². The Kier molecular flexibility index (Phi) is 7.51. The molecule has 0 aromatic heterocycles. The summed E-state index contributed by atoms with van der Waals surface area (Å²) in [6.07, 6.45) is 8.09. The maximum atomic E-state index is 6.46. The van der Waals surface area contributed by atoms with Gasteiger partial charge in [-0.05, 0) is 132 Å². The minimum Gasteiger partial charge on any atom is -0.467 e. The summed E-state index contributed by atoms with van der Waals surface area (Å²) in [7, 11) is -1.38. The highest BCUT2D eigenvalue weighted by molar-refractivity contribution is 8.33. The molecule has 3 aromatic rings. The van der Waals surface area contributed by atoms with Crippen LogP contribution >= 0.6 is 10.0 Å². The molecule has 2 fully saturated rings. The van der Waals surface area contributed by atoms with Gasteiger partial charge in [-0.3, -0.25) is 0 Å². The largest absolute Gasteiger partial charge is 0.467 e. The van der Waals surface area contributed by atoms with Crippen molar-refractivity contribution in [1.82, 2.24) is 0 Å². The van der Waals surface area contributed by atoms with Crippen molar-refractivity contribution in [3.8, 4) is 5.75 Å². The zero-order valence-corrected chi connectivity index (χ0v) is 23.4. The molecule has 3 heteroatoms. The normalized spacial score (nSPS) is 26.4. The van der Waals surface area contributed by atoms with E-state index in [0.29, 0.717) is 24.7 Å². The van der Waals surface area contributed by atoms with Crippen molar-refractivity contribution in [2.24, 2.45) is 23.7 Å². The maximum absolute atomic E-state index is 6.46. The van der Waals surface area contributed by atoms with Gasteiger partial charge in [-0.2, -0.15) is 10.0 Å². The molecule has 2 saturated carbocycles. The van der Waals surface area contributed by atoms with Crippen molar-refractivity contribution in [2.45, 2.75) is 74.2 Å². The molecule has 0 heterocycles. The molecule has 5 rings (SSSR count). The van der Waals surface area contributed by atoms with Gasteiger partial charge in [-0.1, -0.05) is 50.2 Å². The molecular formula is C33H42O2S. The lowest BCUT2D eigenvalue weighted by molar-refractivity contribution is -0.120. The molecule has 2 aliphatic rings. The third kappa shape index (κ3) is 4.97. The van der Waals surface area contributed by atoms with Gasteiger partial charge in [0.25, 0.3) is 0 Å². The Balaban J connectivity index is 1.37. The summed E-state index contributed by atoms with van der Waals surface area (Å²) in [6, 6.07) is 26.6. The van der Waals surface area contributed by atoms with Gasteiger partial charge in [0.15, 0.2) is 6.79 Å². The average molecular weight is 503 g/mol. The number of ether oxygens (including phenoxy) is 2. The molecule has 2 nitrogen and oxygen atoms in total. The number of hydrogen-bond donors (Lipinski definition) is 0. The molecule has 0 radical (unpaired) electrons. The molecule has 3 aromatic carbocycles. The Labute approximate surface area is 219 Å². The number of aryl methyl sites for hydroxylation is 2. The fraction of sp³-hybridized carbons (Fsp3) is 0.455. The Bertz CT molecular complexity index is 1090. The second-order valence-electron chi connectivity index (χ2n) is 11.5. The van der Waals surface area contributed by atoms with Crippen LogP contribution in [-0.2, 0) is 4.74 Å². The van der Waals surface area contributed by atoms with Crippen LogP contribution in [0.3, 0.4) is 0 Å². The molecular weight excluding hydrogens is 460 g/mol. The van der Waals surface area contributed by atoms with Crippen LogP contribution in [0.25, 0.3) is 0 Å². The predicted molar refractivity (Wildman–Crippen MR) is 151 cm³/mol. The number of fused-ring (bicyclic) bond motifs is 2. The van der Waals surface area contributed by atoms with Gasteiger partial charge in [0.2, 0.25) is 0 Å². The molecule has 0 N–H and O–H groups in total. The fourth-order valence-electron chi connectivity index (χ4n) is 7.03. The van der Waals surface area contributed by atoms with Crippen molar-refractivity contribution in [3.05, 3.63) is 83.9 Å². The summed E-state index contributed by atoms with van der Waals surface area (Å²) in [5.41, 5.74) is 2.37. The first kappa shape index (κ1) is 25.4. The molecule has 5 unspecified atom stereocenters. The van der Waals surface area contributed by atoms with Crippen molar-refractivity contribution < 1.29 is 9.47 Å². The summed E-state index contributed by atoms with van der Waals surface area (Å²) in [6.45, 7) is 9.49. The van der Waals surface area contributed by atoms with E-state index >= 15 is 0 Å². The first-order valence-electron chi connectivity index (χ1n) is 13.6. The van der Waals surface area contributed by atoms with Crippen molar-refractivity contribution in [3.63, 3.8) is 0 Å². The molecule has 0 saturated heterocycles. The number of rotatable bonds is 7. The van der Waals surface area contributed by atoms with E-state index in [-0.39, 0.29) is 0 Å². The average Bonchev–Trinajstić information content (AvgIpc) is 2.87. The highest BCUT2D eigenvalue weighted by Gasteiger charge is 2.40. The second-order valence-corrected chi connectivity index (χ2v) is 14.7.